The van der Waals surface area contributed by atoms with Crippen LogP contribution in [0.2, 0.25) is 0 Å². The Kier molecular flexibility index (Phi) is 13.1. The van der Waals surface area contributed by atoms with E-state index >= 15 is 4.39 Å². The molecular weight excluding hydrogens is 664 g/mol. The maximum atomic E-state index is 15.3. The molecule has 2 amide bonds. The Labute approximate surface area is 284 Å². The van der Waals surface area contributed by atoms with Gasteiger partial charge in [-0.1, -0.05) is 18.7 Å². The molecule has 2 heterocycles. The molecule has 2 saturated heterocycles. The van der Waals surface area contributed by atoms with Gasteiger partial charge in [0.25, 0.3) is 10.2 Å². The molecule has 2 aromatic carbocycles. The molecule has 2 fully saturated rings. The molecule has 5 N–H and O–H groups in total. The summed E-state index contributed by atoms with van der Waals surface area (Å²) in [5, 5.41) is 8.65. The van der Waals surface area contributed by atoms with Gasteiger partial charge < -0.3 is 21.7 Å². The molecule has 4 rings (SSSR count). The zero-order valence-corrected chi connectivity index (χ0v) is 28.0. The lowest BCUT2D eigenvalue weighted by molar-refractivity contribution is -0.121. The molecule has 15 heteroatoms. The molecule has 0 aromatic heterocycles. The number of nitrogens with zero attached hydrogens (tertiary/aromatic N) is 2. The van der Waals surface area contributed by atoms with Crippen molar-refractivity contribution in [2.45, 2.75) is 57.0 Å². The van der Waals surface area contributed by atoms with Crippen molar-refractivity contribution in [3.63, 3.8) is 0 Å². The molecule has 2 aliphatic heterocycles. The van der Waals surface area contributed by atoms with Crippen LogP contribution in [-0.2, 0) is 19.8 Å². The second-order valence-corrected chi connectivity index (χ2v) is 13.9. The number of carbonyl (C=O) groups is 2. The predicted molar refractivity (Wildman–Crippen MR) is 178 cm³/mol. The summed E-state index contributed by atoms with van der Waals surface area (Å²) in [5.74, 6) is -4.79. The van der Waals surface area contributed by atoms with Gasteiger partial charge in [-0.3, -0.25) is 9.59 Å². The molecule has 0 bridgehead atoms. The van der Waals surface area contributed by atoms with Gasteiger partial charge in [0.1, 0.15) is 23.3 Å². The third-order valence-electron chi connectivity index (χ3n) is 8.69. The number of nitrogens with one attached hydrogen (secondary N) is 3. The lowest BCUT2D eigenvalue weighted by Gasteiger charge is -2.40. The van der Waals surface area contributed by atoms with E-state index < -0.39 is 51.4 Å². The largest absolute Gasteiger partial charge is 0.402 e. The van der Waals surface area contributed by atoms with Gasteiger partial charge in [0.05, 0.1) is 0 Å². The van der Waals surface area contributed by atoms with Crippen molar-refractivity contribution in [1.29, 1.82) is 0 Å². The van der Waals surface area contributed by atoms with Crippen molar-refractivity contribution in [2.24, 2.45) is 5.73 Å². The van der Waals surface area contributed by atoms with Gasteiger partial charge >= 0.3 is 0 Å². The molecule has 2 atom stereocenters. The van der Waals surface area contributed by atoms with Crippen LogP contribution >= 0.6 is 0 Å². The maximum absolute atomic E-state index is 15.3. The average molecular weight is 707 g/mol. The Morgan fingerprint density at radius 1 is 1.04 bits per heavy atom. The van der Waals surface area contributed by atoms with Crippen LogP contribution in [-0.4, -0.2) is 73.7 Å². The molecule has 0 saturated carbocycles. The number of amides is 2. The number of hydrogen-bond acceptors (Lipinski definition) is 6. The van der Waals surface area contributed by atoms with Crippen molar-refractivity contribution in [3.05, 3.63) is 107 Å². The average Bonchev–Trinajstić information content (AvgIpc) is 3.06. The minimum absolute atomic E-state index is 0.00861. The van der Waals surface area contributed by atoms with E-state index in [2.05, 4.69) is 22.5 Å². The Balaban J connectivity index is 1.52. The lowest BCUT2D eigenvalue weighted by atomic mass is 9.88. The van der Waals surface area contributed by atoms with Crippen LogP contribution < -0.4 is 21.7 Å². The molecule has 2 aromatic rings. The summed E-state index contributed by atoms with van der Waals surface area (Å²) in [7, 11) is -3.88. The molecule has 0 unspecified atom stereocenters. The molecule has 0 aliphatic carbocycles. The summed E-state index contributed by atoms with van der Waals surface area (Å²) < 4.78 is 87.5. The van der Waals surface area contributed by atoms with Crippen LogP contribution in [0.5, 0.6) is 0 Å². The highest BCUT2D eigenvalue weighted by atomic mass is 32.2. The smallest absolute Gasteiger partial charge is 0.282 e. The lowest BCUT2D eigenvalue weighted by Crippen LogP contribution is -2.58. The SMILES string of the molecule is C=C/C(NC(=O)C[C@@H](c1ccc(F)cc1)c1cc(F)cc(F)c1)=C(CC[C@H]1CNCCN1S(=O)(=O)N1CCC(NC(C)=O)CC1)\C(F)=C/N. The highest BCUT2D eigenvalue weighted by molar-refractivity contribution is 7.86. The normalized spacial score (nSPS) is 19.5. The third-order valence-corrected chi connectivity index (χ3v) is 10.8. The van der Waals surface area contributed by atoms with E-state index in [0.29, 0.717) is 37.6 Å². The van der Waals surface area contributed by atoms with Crippen molar-refractivity contribution < 1.29 is 35.6 Å². The third kappa shape index (κ3) is 10.00. The predicted octanol–water partition coefficient (Wildman–Crippen LogP) is 3.85. The highest BCUT2D eigenvalue weighted by Crippen LogP contribution is 2.31. The van der Waals surface area contributed by atoms with E-state index in [4.69, 9.17) is 5.73 Å². The molecule has 10 nitrogen and oxygen atoms in total. The number of piperidine rings is 1. The molecular formula is C34H42F4N6O4S. The summed E-state index contributed by atoms with van der Waals surface area (Å²) in [6.07, 6.45) is 2.72. The van der Waals surface area contributed by atoms with E-state index in [1.54, 1.807) is 0 Å². The van der Waals surface area contributed by atoms with Gasteiger partial charge in [0, 0.05) is 87.6 Å². The first-order valence-corrected chi connectivity index (χ1v) is 17.4. The Morgan fingerprint density at radius 3 is 2.29 bits per heavy atom. The molecule has 266 valence electrons. The Hall–Kier alpha value is -4.05. The molecule has 49 heavy (non-hydrogen) atoms. The van der Waals surface area contributed by atoms with Crippen LogP contribution in [0, 0.1) is 17.5 Å². The maximum Gasteiger partial charge on any atom is 0.282 e. The van der Waals surface area contributed by atoms with Gasteiger partial charge in [-0.05, 0) is 67.2 Å². The Bertz CT molecular complexity index is 1660. The van der Waals surface area contributed by atoms with Gasteiger partial charge in [-0.2, -0.15) is 17.0 Å². The van der Waals surface area contributed by atoms with Crippen molar-refractivity contribution in [1.82, 2.24) is 24.6 Å². The molecule has 0 radical (unpaired) electrons. The fraction of sp³-hybridized carbons (Fsp3) is 0.412. The first-order valence-electron chi connectivity index (χ1n) is 16.0. The van der Waals surface area contributed by atoms with Gasteiger partial charge in [0.15, 0.2) is 0 Å². The minimum atomic E-state index is -3.88. The van der Waals surface area contributed by atoms with Gasteiger partial charge in [-0.25, -0.2) is 17.6 Å². The van der Waals surface area contributed by atoms with E-state index in [1.165, 1.54) is 45.9 Å². The van der Waals surface area contributed by atoms with Gasteiger partial charge in [0.2, 0.25) is 11.8 Å². The summed E-state index contributed by atoms with van der Waals surface area (Å²) in [4.78, 5) is 24.9. The topological polar surface area (TPSA) is 137 Å². The minimum Gasteiger partial charge on any atom is -0.402 e. The number of piperazine rings is 1. The van der Waals surface area contributed by atoms with Crippen molar-refractivity contribution in [2.75, 3.05) is 32.7 Å². The summed E-state index contributed by atoms with van der Waals surface area (Å²) >= 11 is 0. The fourth-order valence-corrected chi connectivity index (χ4v) is 8.14. The zero-order chi connectivity index (χ0) is 35.7. The molecule has 0 spiro atoms. The fourth-order valence-electron chi connectivity index (χ4n) is 6.29. The number of nitrogens with two attached hydrogens (primary N) is 1. The van der Waals surface area contributed by atoms with E-state index in [-0.39, 0.29) is 67.7 Å². The van der Waals surface area contributed by atoms with E-state index in [0.717, 1.165) is 18.3 Å². The highest BCUT2D eigenvalue weighted by Gasteiger charge is 2.38. The monoisotopic (exact) mass is 706 g/mol. The number of halogens is 4. The summed E-state index contributed by atoms with van der Waals surface area (Å²) in [6.45, 7) is 6.55. The van der Waals surface area contributed by atoms with Crippen LogP contribution in [0.3, 0.4) is 0 Å². The summed E-state index contributed by atoms with van der Waals surface area (Å²) in [6, 6.07) is 7.36. The number of carbonyl (C=O) groups excluding carboxylic acids is 2. The first-order chi connectivity index (χ1) is 23.3. The number of hydrogen-bond donors (Lipinski definition) is 4. The second-order valence-electron chi connectivity index (χ2n) is 12.1. The van der Waals surface area contributed by atoms with Crippen LogP contribution in [0.1, 0.15) is 56.1 Å². The van der Waals surface area contributed by atoms with Crippen LogP contribution in [0.25, 0.3) is 0 Å². The quantitative estimate of drug-likeness (QED) is 0.185. The molecule has 2 aliphatic rings. The van der Waals surface area contributed by atoms with Crippen molar-refractivity contribution in [3.8, 4) is 0 Å². The first kappa shape index (κ1) is 37.8. The zero-order valence-electron chi connectivity index (χ0n) is 27.2. The number of allylic oxidation sites excluding steroid dienone is 3. The number of rotatable bonds is 13. The van der Waals surface area contributed by atoms with Crippen LogP contribution in [0.15, 0.2) is 78.4 Å². The second kappa shape index (κ2) is 17.1. The standard InChI is InChI=1S/C34H42F4N6O4S/c1-3-33(42-34(46)19-31(23-4-6-25(35)7-5-23)24-16-26(36)18-27(37)17-24)30(32(38)20-39)9-8-29-21-40-12-15-44(29)49(47,48)43-13-10-28(11-14-43)41-22(2)45/h3-7,16-18,20,28-29,31,40H,1,8-15,19,21,39H2,2H3,(H,41,45)(H,42,46)/b32-20+,33-30+/t29-,31-/m0/s1. The van der Waals surface area contributed by atoms with E-state index in [9.17, 15) is 31.2 Å². The number of benzene rings is 2. The Morgan fingerprint density at radius 2 is 1.69 bits per heavy atom. The van der Waals surface area contributed by atoms with E-state index in [1.807, 2.05) is 0 Å². The van der Waals surface area contributed by atoms with Gasteiger partial charge in [-0.15, -0.1) is 0 Å². The summed E-state index contributed by atoms with van der Waals surface area (Å²) in [5.41, 5.74) is 6.08. The van der Waals surface area contributed by atoms with Crippen LogP contribution in [0.4, 0.5) is 17.6 Å². The van der Waals surface area contributed by atoms with Crippen molar-refractivity contribution >= 4 is 22.0 Å².